The Morgan fingerprint density at radius 1 is 1.43 bits per heavy atom. The van der Waals surface area contributed by atoms with Crippen LogP contribution in [0.3, 0.4) is 0 Å². The van der Waals surface area contributed by atoms with Crippen LogP contribution in [-0.4, -0.2) is 0 Å². The van der Waals surface area contributed by atoms with E-state index in [9.17, 15) is 0 Å². The van der Waals surface area contributed by atoms with Gasteiger partial charge in [-0.25, -0.2) is 0 Å². The quantitative estimate of drug-likeness (QED) is 0.930. The molecule has 1 unspecified atom stereocenters. The molecule has 2 rings (SSSR count). The lowest BCUT2D eigenvalue weighted by atomic mass is 10.1. The summed E-state index contributed by atoms with van der Waals surface area (Å²) in [6, 6.07) is 6.08. The molecule has 0 aliphatic carbocycles. The summed E-state index contributed by atoms with van der Waals surface area (Å²) in [6.45, 7) is 0. The van der Waals surface area contributed by atoms with Crippen molar-refractivity contribution >= 4 is 27.3 Å². The Morgan fingerprint density at radius 2 is 2.29 bits per heavy atom. The van der Waals surface area contributed by atoms with E-state index in [2.05, 4.69) is 22.0 Å². The van der Waals surface area contributed by atoms with Crippen LogP contribution in [0.25, 0.3) is 0 Å². The number of rotatable bonds is 3. The molecule has 0 saturated heterocycles. The molecule has 0 amide bonds. The summed E-state index contributed by atoms with van der Waals surface area (Å²) in [5.74, 6) is 0. The molecule has 74 valence electrons. The topological polar surface area (TPSA) is 39.2 Å². The van der Waals surface area contributed by atoms with Crippen LogP contribution < -0.4 is 5.73 Å². The summed E-state index contributed by atoms with van der Waals surface area (Å²) in [6.07, 6.45) is 4.23. The van der Waals surface area contributed by atoms with E-state index in [1.54, 1.807) is 23.9 Å². The average Bonchev–Trinajstić information content (AvgIpc) is 2.75. The van der Waals surface area contributed by atoms with Gasteiger partial charge in [0.2, 0.25) is 0 Å². The average molecular weight is 272 g/mol. The van der Waals surface area contributed by atoms with Crippen molar-refractivity contribution in [2.75, 3.05) is 0 Å². The fourth-order valence-corrected chi connectivity index (χ4v) is 2.72. The molecule has 0 spiro atoms. The van der Waals surface area contributed by atoms with E-state index in [-0.39, 0.29) is 6.04 Å². The van der Waals surface area contributed by atoms with Crippen molar-refractivity contribution in [2.45, 2.75) is 12.5 Å². The first-order valence-corrected chi connectivity index (χ1v) is 5.88. The maximum absolute atomic E-state index is 6.05. The number of halogens is 1. The molecule has 0 radical (unpaired) electrons. The first-order chi connectivity index (χ1) is 6.75. The Hall–Kier alpha value is -0.580. The zero-order valence-electron chi connectivity index (χ0n) is 7.44. The summed E-state index contributed by atoms with van der Waals surface area (Å²) in [7, 11) is 0. The molecule has 0 aliphatic rings. The second kappa shape index (κ2) is 4.29. The molecular formula is C10H10BrNOS. The van der Waals surface area contributed by atoms with Gasteiger partial charge in [0.1, 0.15) is 0 Å². The maximum atomic E-state index is 6.05. The third kappa shape index (κ3) is 2.26. The maximum Gasteiger partial charge on any atom is 0.0935 e. The van der Waals surface area contributed by atoms with Crippen LogP contribution in [0.4, 0.5) is 0 Å². The molecule has 1 atom stereocenters. The Balaban J connectivity index is 2.06. The third-order valence-corrected chi connectivity index (χ3v) is 3.75. The zero-order valence-corrected chi connectivity index (χ0v) is 9.85. The van der Waals surface area contributed by atoms with Crippen LogP contribution >= 0.6 is 27.3 Å². The molecule has 4 heteroatoms. The Labute approximate surface area is 94.9 Å². The monoisotopic (exact) mass is 271 g/mol. The van der Waals surface area contributed by atoms with E-state index in [1.807, 2.05) is 12.1 Å². The van der Waals surface area contributed by atoms with E-state index < -0.39 is 0 Å². The van der Waals surface area contributed by atoms with Crippen molar-refractivity contribution in [3.05, 3.63) is 45.0 Å². The number of hydrogen-bond donors (Lipinski definition) is 1. The molecule has 2 N–H and O–H groups in total. The highest BCUT2D eigenvalue weighted by Crippen LogP contribution is 2.27. The van der Waals surface area contributed by atoms with Crippen molar-refractivity contribution in [1.82, 2.24) is 0 Å². The Bertz CT molecular complexity index is 396. The molecule has 0 fully saturated rings. The largest absolute Gasteiger partial charge is 0.472 e. The summed E-state index contributed by atoms with van der Waals surface area (Å²) in [5.41, 5.74) is 7.19. The zero-order chi connectivity index (χ0) is 9.97. The van der Waals surface area contributed by atoms with Gasteiger partial charge in [0, 0.05) is 10.9 Å². The van der Waals surface area contributed by atoms with Gasteiger partial charge in [-0.2, -0.15) is 0 Å². The second-order valence-electron chi connectivity index (χ2n) is 3.08. The van der Waals surface area contributed by atoms with Gasteiger partial charge in [-0.1, -0.05) is 0 Å². The van der Waals surface area contributed by atoms with E-state index in [0.29, 0.717) is 0 Å². The number of furan rings is 1. The van der Waals surface area contributed by atoms with E-state index in [1.165, 1.54) is 4.88 Å². The van der Waals surface area contributed by atoms with Gasteiger partial charge in [0.25, 0.3) is 0 Å². The first-order valence-electron chi connectivity index (χ1n) is 4.27. The SMILES string of the molecule is NC(Cc1ccoc1)c1ccc(Br)s1. The molecule has 2 aromatic heterocycles. The predicted octanol–water partition coefficient (Wildman–Crippen LogP) is 3.35. The van der Waals surface area contributed by atoms with Crippen LogP contribution in [0.1, 0.15) is 16.5 Å². The minimum Gasteiger partial charge on any atom is -0.472 e. The summed E-state index contributed by atoms with van der Waals surface area (Å²) in [4.78, 5) is 1.19. The number of nitrogens with two attached hydrogens (primary N) is 1. The molecule has 0 aliphatic heterocycles. The molecule has 2 heterocycles. The van der Waals surface area contributed by atoms with Crippen molar-refractivity contribution in [3.63, 3.8) is 0 Å². The number of hydrogen-bond acceptors (Lipinski definition) is 3. The van der Waals surface area contributed by atoms with Gasteiger partial charge < -0.3 is 10.2 Å². The van der Waals surface area contributed by atoms with Gasteiger partial charge >= 0.3 is 0 Å². The highest BCUT2D eigenvalue weighted by molar-refractivity contribution is 9.11. The van der Waals surface area contributed by atoms with E-state index in [0.717, 1.165) is 15.8 Å². The van der Waals surface area contributed by atoms with Crippen molar-refractivity contribution in [2.24, 2.45) is 5.73 Å². The molecule has 0 bridgehead atoms. The fraction of sp³-hybridized carbons (Fsp3) is 0.200. The van der Waals surface area contributed by atoms with Gasteiger partial charge in [0.15, 0.2) is 0 Å². The van der Waals surface area contributed by atoms with E-state index >= 15 is 0 Å². The van der Waals surface area contributed by atoms with Crippen LogP contribution in [0.2, 0.25) is 0 Å². The molecule has 0 saturated carbocycles. The standard InChI is InChI=1S/C10H10BrNOS/c11-10-2-1-9(14-10)8(12)5-7-3-4-13-6-7/h1-4,6,8H,5,12H2. The van der Waals surface area contributed by atoms with Crippen molar-refractivity contribution in [3.8, 4) is 0 Å². The lowest BCUT2D eigenvalue weighted by Crippen LogP contribution is -2.11. The molecule has 14 heavy (non-hydrogen) atoms. The normalized spacial score (nSPS) is 13.0. The van der Waals surface area contributed by atoms with Crippen LogP contribution in [0, 0.1) is 0 Å². The fourth-order valence-electron chi connectivity index (χ4n) is 1.29. The third-order valence-electron chi connectivity index (χ3n) is 2.00. The van der Waals surface area contributed by atoms with Crippen LogP contribution in [0.5, 0.6) is 0 Å². The lowest BCUT2D eigenvalue weighted by Gasteiger charge is -2.06. The van der Waals surface area contributed by atoms with Crippen molar-refractivity contribution < 1.29 is 4.42 Å². The highest BCUT2D eigenvalue weighted by Gasteiger charge is 2.09. The smallest absolute Gasteiger partial charge is 0.0935 e. The summed E-state index contributed by atoms with van der Waals surface area (Å²) < 4.78 is 6.12. The minimum atomic E-state index is 0.0592. The van der Waals surface area contributed by atoms with Crippen LogP contribution in [0.15, 0.2) is 38.9 Å². The van der Waals surface area contributed by atoms with E-state index in [4.69, 9.17) is 10.2 Å². The second-order valence-corrected chi connectivity index (χ2v) is 5.58. The first kappa shape index (κ1) is 9.96. The predicted molar refractivity (Wildman–Crippen MR) is 61.4 cm³/mol. The molecular weight excluding hydrogens is 262 g/mol. The van der Waals surface area contributed by atoms with Gasteiger partial charge in [0.05, 0.1) is 16.3 Å². The Morgan fingerprint density at radius 3 is 2.86 bits per heavy atom. The number of thiophene rings is 1. The van der Waals surface area contributed by atoms with Crippen LogP contribution in [-0.2, 0) is 6.42 Å². The van der Waals surface area contributed by atoms with Gasteiger partial charge in [-0.15, -0.1) is 11.3 Å². The lowest BCUT2D eigenvalue weighted by molar-refractivity contribution is 0.561. The van der Waals surface area contributed by atoms with Gasteiger partial charge in [-0.05, 0) is 46.1 Å². The summed E-state index contributed by atoms with van der Waals surface area (Å²) >= 11 is 5.10. The highest BCUT2D eigenvalue weighted by atomic mass is 79.9. The summed E-state index contributed by atoms with van der Waals surface area (Å²) in [5, 5.41) is 0. The molecule has 2 nitrogen and oxygen atoms in total. The minimum absolute atomic E-state index is 0.0592. The van der Waals surface area contributed by atoms with Gasteiger partial charge in [-0.3, -0.25) is 0 Å². The Kier molecular flexibility index (Phi) is 3.05. The molecule has 0 aromatic carbocycles. The van der Waals surface area contributed by atoms with Crippen molar-refractivity contribution in [1.29, 1.82) is 0 Å². The molecule has 2 aromatic rings.